The second-order valence-corrected chi connectivity index (χ2v) is 8.42. The van der Waals surface area contributed by atoms with E-state index in [2.05, 4.69) is 51.8 Å². The molecule has 6 heteroatoms. The maximum atomic E-state index is 12.7. The first-order chi connectivity index (χ1) is 13.8. The zero-order valence-electron chi connectivity index (χ0n) is 18.2. The van der Waals surface area contributed by atoms with Crippen molar-refractivity contribution in [2.24, 2.45) is 5.92 Å². The van der Waals surface area contributed by atoms with Gasteiger partial charge >= 0.3 is 0 Å². The Morgan fingerprint density at radius 3 is 2.34 bits per heavy atom. The van der Waals surface area contributed by atoms with Crippen LogP contribution in [0.5, 0.6) is 0 Å². The van der Waals surface area contributed by atoms with E-state index >= 15 is 0 Å². The van der Waals surface area contributed by atoms with Gasteiger partial charge in [-0.25, -0.2) is 4.98 Å². The number of nitrogens with one attached hydrogen (secondary N) is 2. The van der Waals surface area contributed by atoms with Crippen LogP contribution in [0.15, 0.2) is 30.3 Å². The number of aromatic nitrogens is 2. The number of anilines is 2. The van der Waals surface area contributed by atoms with E-state index in [0.29, 0.717) is 12.0 Å². The Bertz CT molecular complexity index is 826. The molecule has 156 valence electrons. The first kappa shape index (κ1) is 21.1. The lowest BCUT2D eigenvalue weighted by atomic mass is 9.85. The number of hydrogen-bond donors (Lipinski definition) is 2. The predicted molar refractivity (Wildman–Crippen MR) is 118 cm³/mol. The highest BCUT2D eigenvalue weighted by atomic mass is 16.1. The largest absolute Gasteiger partial charge is 0.363 e. The fourth-order valence-electron chi connectivity index (χ4n) is 3.80. The summed E-state index contributed by atoms with van der Waals surface area (Å²) in [5, 5.41) is 6.66. The number of aryl methyl sites for hydroxylation is 2. The summed E-state index contributed by atoms with van der Waals surface area (Å²) in [5.74, 6) is 1.82. The van der Waals surface area contributed by atoms with Gasteiger partial charge in [0.25, 0.3) is 0 Å². The molecule has 0 radical (unpaired) electrons. The van der Waals surface area contributed by atoms with Crippen LogP contribution >= 0.6 is 0 Å². The molecule has 2 N–H and O–H groups in total. The normalized spacial score (nSPS) is 20.0. The van der Waals surface area contributed by atoms with E-state index in [-0.39, 0.29) is 17.9 Å². The average Bonchev–Trinajstić information content (AvgIpc) is 2.68. The number of rotatable bonds is 6. The number of carbonyl (C=O) groups is 1. The average molecular weight is 396 g/mol. The molecule has 1 aliphatic rings. The quantitative estimate of drug-likeness (QED) is 0.773. The van der Waals surface area contributed by atoms with Crippen molar-refractivity contribution in [2.45, 2.75) is 58.5 Å². The van der Waals surface area contributed by atoms with Gasteiger partial charge < -0.3 is 15.5 Å². The zero-order valence-corrected chi connectivity index (χ0v) is 18.2. The molecular formula is C23H33N5O. The summed E-state index contributed by atoms with van der Waals surface area (Å²) in [5.41, 5.74) is 3.32. The lowest BCUT2D eigenvalue weighted by Gasteiger charge is -2.29. The van der Waals surface area contributed by atoms with Gasteiger partial charge in [0.05, 0.1) is 6.04 Å². The van der Waals surface area contributed by atoms with Gasteiger partial charge in [-0.15, -0.1) is 0 Å². The third-order valence-corrected chi connectivity index (χ3v) is 5.67. The van der Waals surface area contributed by atoms with Crippen LogP contribution in [-0.2, 0) is 4.79 Å². The molecule has 6 nitrogen and oxygen atoms in total. The summed E-state index contributed by atoms with van der Waals surface area (Å²) in [6.45, 7) is 6.10. The fourth-order valence-corrected chi connectivity index (χ4v) is 3.80. The summed E-state index contributed by atoms with van der Waals surface area (Å²) in [6.07, 6.45) is 3.67. The van der Waals surface area contributed by atoms with Gasteiger partial charge in [-0.2, -0.15) is 4.98 Å². The van der Waals surface area contributed by atoms with Crippen LogP contribution in [0.1, 0.15) is 55.5 Å². The van der Waals surface area contributed by atoms with E-state index in [1.165, 1.54) is 5.56 Å². The number of amides is 1. The summed E-state index contributed by atoms with van der Waals surface area (Å²) in [4.78, 5) is 23.8. The van der Waals surface area contributed by atoms with Crippen LogP contribution in [0.3, 0.4) is 0 Å². The van der Waals surface area contributed by atoms with Gasteiger partial charge in [-0.1, -0.05) is 29.8 Å². The minimum absolute atomic E-state index is 0.0316. The maximum absolute atomic E-state index is 12.7. The molecule has 1 aliphatic carbocycles. The van der Waals surface area contributed by atoms with E-state index in [4.69, 9.17) is 0 Å². The molecular weight excluding hydrogens is 362 g/mol. The van der Waals surface area contributed by atoms with Crippen LogP contribution in [-0.4, -0.2) is 36.0 Å². The molecule has 1 aromatic carbocycles. The molecule has 0 bridgehead atoms. The topological polar surface area (TPSA) is 70.2 Å². The van der Waals surface area contributed by atoms with Gasteiger partial charge in [-0.05, 0) is 52.0 Å². The van der Waals surface area contributed by atoms with Gasteiger partial charge in [0.15, 0.2) is 0 Å². The van der Waals surface area contributed by atoms with Crippen LogP contribution in [0, 0.1) is 19.8 Å². The molecule has 1 aromatic heterocycles. The number of nitrogens with zero attached hydrogens (tertiary/aromatic N) is 3. The van der Waals surface area contributed by atoms with Crippen molar-refractivity contribution in [3.8, 4) is 0 Å². The molecule has 0 aliphatic heterocycles. The van der Waals surface area contributed by atoms with E-state index in [9.17, 15) is 4.79 Å². The van der Waals surface area contributed by atoms with E-state index in [1.54, 1.807) is 0 Å². The third-order valence-electron chi connectivity index (χ3n) is 5.67. The zero-order chi connectivity index (χ0) is 21.0. The Morgan fingerprint density at radius 1 is 1.07 bits per heavy atom. The highest BCUT2D eigenvalue weighted by molar-refractivity contribution is 5.79. The molecule has 1 atom stereocenters. The van der Waals surface area contributed by atoms with Crippen molar-refractivity contribution < 1.29 is 4.79 Å². The third kappa shape index (κ3) is 5.68. The van der Waals surface area contributed by atoms with Gasteiger partial charge in [-0.3, -0.25) is 4.79 Å². The Balaban J connectivity index is 1.51. The van der Waals surface area contributed by atoms with E-state index < -0.39 is 0 Å². The van der Waals surface area contributed by atoms with Crippen LogP contribution in [0.4, 0.5) is 11.8 Å². The molecule has 1 heterocycles. The van der Waals surface area contributed by atoms with Gasteiger partial charge in [0.2, 0.25) is 11.9 Å². The molecule has 1 saturated carbocycles. The van der Waals surface area contributed by atoms with E-state index in [0.717, 1.165) is 42.8 Å². The van der Waals surface area contributed by atoms with E-state index in [1.807, 2.05) is 38.9 Å². The molecule has 2 aromatic rings. The lowest BCUT2D eigenvalue weighted by Crippen LogP contribution is -2.37. The SMILES string of the molecule is Cc1ccc([C@H](C)NC(=O)[C@H]2CC[C@@H](Nc3nc(C)cc(N(C)C)n3)CC2)cc1. The summed E-state index contributed by atoms with van der Waals surface area (Å²) >= 11 is 0. The van der Waals surface area contributed by atoms with Crippen molar-refractivity contribution in [1.29, 1.82) is 0 Å². The minimum atomic E-state index is 0.0316. The maximum Gasteiger partial charge on any atom is 0.225 e. The van der Waals surface area contributed by atoms with Crippen molar-refractivity contribution >= 4 is 17.7 Å². The molecule has 1 amide bonds. The van der Waals surface area contributed by atoms with Crippen molar-refractivity contribution in [3.63, 3.8) is 0 Å². The molecule has 0 unspecified atom stereocenters. The highest BCUT2D eigenvalue weighted by Gasteiger charge is 2.27. The number of hydrogen-bond acceptors (Lipinski definition) is 5. The predicted octanol–water partition coefficient (Wildman–Crippen LogP) is 4.01. The summed E-state index contributed by atoms with van der Waals surface area (Å²) in [6, 6.07) is 10.7. The van der Waals surface area contributed by atoms with Gasteiger partial charge in [0, 0.05) is 37.8 Å². The molecule has 1 fully saturated rings. The fraction of sp³-hybridized carbons (Fsp3) is 0.522. The first-order valence-corrected chi connectivity index (χ1v) is 10.5. The second kappa shape index (κ2) is 9.25. The Hall–Kier alpha value is -2.63. The Kier molecular flexibility index (Phi) is 6.72. The molecule has 0 spiro atoms. The van der Waals surface area contributed by atoms with Crippen molar-refractivity contribution in [1.82, 2.24) is 15.3 Å². The highest BCUT2D eigenvalue weighted by Crippen LogP contribution is 2.27. The molecule has 0 saturated heterocycles. The number of carbonyl (C=O) groups excluding carboxylic acids is 1. The smallest absolute Gasteiger partial charge is 0.225 e. The molecule has 3 rings (SSSR count). The lowest BCUT2D eigenvalue weighted by molar-refractivity contribution is -0.126. The Morgan fingerprint density at radius 2 is 1.72 bits per heavy atom. The van der Waals surface area contributed by atoms with Gasteiger partial charge in [0.1, 0.15) is 5.82 Å². The summed E-state index contributed by atoms with van der Waals surface area (Å²) in [7, 11) is 3.96. The summed E-state index contributed by atoms with van der Waals surface area (Å²) < 4.78 is 0. The standard InChI is InChI=1S/C23H33N5O/c1-15-6-8-18(9-7-15)17(3)25-22(29)19-10-12-20(13-11-19)26-23-24-16(2)14-21(27-23)28(4)5/h6-9,14,17,19-20H,10-13H2,1-5H3,(H,25,29)(H,24,26,27)/t17-,19-,20+/m0/s1. The minimum Gasteiger partial charge on any atom is -0.363 e. The van der Waals surface area contributed by atoms with Crippen LogP contribution in [0.2, 0.25) is 0 Å². The van der Waals surface area contributed by atoms with Crippen molar-refractivity contribution in [3.05, 3.63) is 47.2 Å². The van der Waals surface area contributed by atoms with Crippen LogP contribution < -0.4 is 15.5 Å². The molecule has 29 heavy (non-hydrogen) atoms. The first-order valence-electron chi connectivity index (χ1n) is 10.5. The second-order valence-electron chi connectivity index (χ2n) is 8.42. The van der Waals surface area contributed by atoms with Crippen molar-refractivity contribution in [2.75, 3.05) is 24.3 Å². The Labute approximate surface area is 174 Å². The number of benzene rings is 1. The van der Waals surface area contributed by atoms with Crippen LogP contribution in [0.25, 0.3) is 0 Å². The monoisotopic (exact) mass is 395 g/mol.